The highest BCUT2D eigenvalue weighted by atomic mass is 32.1. The first-order valence-corrected chi connectivity index (χ1v) is 7.91. The third kappa shape index (κ3) is 3.58. The molecule has 2 aromatic rings. The van der Waals surface area contributed by atoms with Crippen LogP contribution >= 0.6 is 11.3 Å². The number of thiophene rings is 1. The number of hydrogen-bond donors (Lipinski definition) is 1. The molecule has 0 spiro atoms. The summed E-state index contributed by atoms with van der Waals surface area (Å²) in [5.41, 5.74) is 1.15. The Hall–Kier alpha value is -1.39. The maximum atomic E-state index is 5.28. The van der Waals surface area contributed by atoms with Crippen LogP contribution in [-0.2, 0) is 6.42 Å². The third-order valence-corrected chi connectivity index (χ3v) is 4.51. The van der Waals surface area contributed by atoms with Gasteiger partial charge in [-0.15, -0.1) is 11.3 Å². The van der Waals surface area contributed by atoms with Crippen molar-refractivity contribution >= 4 is 11.3 Å². The second-order valence-corrected chi connectivity index (χ2v) is 5.90. The monoisotopic (exact) mass is 290 g/mol. The minimum absolute atomic E-state index is 0.197. The number of rotatable bonds is 7. The van der Waals surface area contributed by atoms with Crippen molar-refractivity contribution in [1.29, 1.82) is 0 Å². The number of hydrogen-bond acceptors (Lipinski definition) is 4. The normalized spacial score (nSPS) is 12.3. The van der Waals surface area contributed by atoms with E-state index in [2.05, 4.69) is 42.3 Å². The van der Waals surface area contributed by atoms with Crippen LogP contribution in [0.5, 0.6) is 5.75 Å². The van der Waals surface area contributed by atoms with Gasteiger partial charge in [-0.25, -0.2) is 0 Å². The van der Waals surface area contributed by atoms with Gasteiger partial charge in [0, 0.05) is 16.0 Å². The molecule has 0 aromatic carbocycles. The summed E-state index contributed by atoms with van der Waals surface area (Å²) in [6, 6.07) is 6.69. The van der Waals surface area contributed by atoms with Gasteiger partial charge in [0.1, 0.15) is 5.75 Å². The van der Waals surface area contributed by atoms with Gasteiger partial charge in [-0.2, -0.15) is 0 Å². The number of pyridine rings is 1. The topological polar surface area (TPSA) is 34.2 Å². The Morgan fingerprint density at radius 1 is 1.30 bits per heavy atom. The van der Waals surface area contributed by atoms with Gasteiger partial charge in [-0.05, 0) is 43.1 Å². The Balaban J connectivity index is 2.30. The minimum Gasteiger partial charge on any atom is -0.495 e. The van der Waals surface area contributed by atoms with Crippen LogP contribution in [0, 0.1) is 0 Å². The lowest BCUT2D eigenvalue weighted by Crippen LogP contribution is -2.22. The van der Waals surface area contributed by atoms with Crippen LogP contribution in [0.2, 0.25) is 0 Å². The summed E-state index contributed by atoms with van der Waals surface area (Å²) in [6.45, 7) is 5.36. The molecule has 0 saturated carbocycles. The van der Waals surface area contributed by atoms with Gasteiger partial charge in [0.25, 0.3) is 0 Å². The number of nitrogens with one attached hydrogen (secondary N) is 1. The van der Waals surface area contributed by atoms with Gasteiger partial charge in [0.2, 0.25) is 0 Å². The molecule has 20 heavy (non-hydrogen) atoms. The average Bonchev–Trinajstić information content (AvgIpc) is 2.97. The smallest absolute Gasteiger partial charge is 0.137 e. The highest BCUT2D eigenvalue weighted by Crippen LogP contribution is 2.30. The van der Waals surface area contributed by atoms with Crippen molar-refractivity contribution in [2.45, 2.75) is 32.7 Å². The van der Waals surface area contributed by atoms with Crippen LogP contribution < -0.4 is 10.1 Å². The molecule has 0 amide bonds. The molecular weight excluding hydrogens is 268 g/mol. The Kier molecular flexibility index (Phi) is 5.56. The molecular formula is C16H22N2OS. The average molecular weight is 290 g/mol. The van der Waals surface area contributed by atoms with Crippen molar-refractivity contribution < 1.29 is 4.74 Å². The first-order valence-electron chi connectivity index (χ1n) is 7.09. The van der Waals surface area contributed by atoms with Crippen LogP contribution in [0.15, 0.2) is 30.6 Å². The summed E-state index contributed by atoms with van der Waals surface area (Å²) in [7, 11) is 1.68. The van der Waals surface area contributed by atoms with E-state index in [1.165, 1.54) is 9.75 Å². The van der Waals surface area contributed by atoms with Gasteiger partial charge in [0.05, 0.1) is 19.3 Å². The third-order valence-electron chi connectivity index (χ3n) is 3.22. The first-order chi connectivity index (χ1) is 9.78. The van der Waals surface area contributed by atoms with Crippen molar-refractivity contribution in [3.63, 3.8) is 0 Å². The first kappa shape index (κ1) is 15.0. The van der Waals surface area contributed by atoms with E-state index in [1.54, 1.807) is 13.3 Å². The van der Waals surface area contributed by atoms with Crippen LogP contribution in [-0.4, -0.2) is 18.6 Å². The SMILES string of the molecule is CCCNC(c1cncc(OC)c1)c1ccc(CC)s1. The summed E-state index contributed by atoms with van der Waals surface area (Å²) < 4.78 is 5.28. The molecule has 2 heterocycles. The molecule has 0 saturated heterocycles. The number of nitrogens with zero attached hydrogens (tertiary/aromatic N) is 1. The van der Waals surface area contributed by atoms with E-state index >= 15 is 0 Å². The van der Waals surface area contributed by atoms with Crippen LogP contribution in [0.3, 0.4) is 0 Å². The van der Waals surface area contributed by atoms with Crippen LogP contribution in [0.25, 0.3) is 0 Å². The number of ether oxygens (including phenoxy) is 1. The number of aromatic nitrogens is 1. The van der Waals surface area contributed by atoms with E-state index in [0.29, 0.717) is 0 Å². The largest absolute Gasteiger partial charge is 0.495 e. The predicted molar refractivity (Wildman–Crippen MR) is 84.6 cm³/mol. The molecule has 0 aliphatic heterocycles. The van der Waals surface area contributed by atoms with Gasteiger partial charge < -0.3 is 10.1 Å². The predicted octanol–water partition coefficient (Wildman–Crippen LogP) is 3.80. The van der Waals surface area contributed by atoms with E-state index in [9.17, 15) is 0 Å². The van der Waals surface area contributed by atoms with Gasteiger partial charge >= 0.3 is 0 Å². The summed E-state index contributed by atoms with van der Waals surface area (Å²) in [5, 5.41) is 3.61. The van der Waals surface area contributed by atoms with Crippen molar-refractivity contribution in [2.75, 3.05) is 13.7 Å². The second-order valence-electron chi connectivity index (χ2n) is 4.70. The second kappa shape index (κ2) is 7.41. The molecule has 108 valence electrons. The molecule has 4 heteroatoms. The molecule has 1 atom stereocenters. The maximum Gasteiger partial charge on any atom is 0.137 e. The van der Waals surface area contributed by atoms with Crippen molar-refractivity contribution in [1.82, 2.24) is 10.3 Å². The highest BCUT2D eigenvalue weighted by molar-refractivity contribution is 7.12. The molecule has 0 aliphatic rings. The van der Waals surface area contributed by atoms with E-state index in [0.717, 1.165) is 30.7 Å². The molecule has 3 nitrogen and oxygen atoms in total. The zero-order chi connectivity index (χ0) is 14.4. The number of aryl methyl sites for hydroxylation is 1. The Bertz CT molecular complexity index is 539. The quantitative estimate of drug-likeness (QED) is 0.842. The van der Waals surface area contributed by atoms with Crippen LogP contribution in [0.1, 0.15) is 41.6 Å². The fourth-order valence-electron chi connectivity index (χ4n) is 2.12. The van der Waals surface area contributed by atoms with Crippen molar-refractivity contribution in [3.05, 3.63) is 45.9 Å². The lowest BCUT2D eigenvalue weighted by Gasteiger charge is -2.18. The minimum atomic E-state index is 0.197. The Labute approximate surface area is 125 Å². The van der Waals surface area contributed by atoms with E-state index < -0.39 is 0 Å². The van der Waals surface area contributed by atoms with Gasteiger partial charge in [-0.1, -0.05) is 13.8 Å². The lowest BCUT2D eigenvalue weighted by molar-refractivity contribution is 0.411. The summed E-state index contributed by atoms with van der Waals surface area (Å²) in [5.74, 6) is 0.804. The van der Waals surface area contributed by atoms with Crippen LogP contribution in [0.4, 0.5) is 0 Å². The molecule has 1 N–H and O–H groups in total. The standard InChI is InChI=1S/C16H22N2OS/c1-4-8-18-16(15-7-6-14(5-2)20-15)12-9-13(19-3)11-17-10-12/h6-7,9-11,16,18H,4-5,8H2,1-3H3. The zero-order valence-electron chi connectivity index (χ0n) is 12.3. The summed E-state index contributed by atoms with van der Waals surface area (Å²) in [4.78, 5) is 7.03. The lowest BCUT2D eigenvalue weighted by atomic mass is 10.1. The zero-order valence-corrected chi connectivity index (χ0v) is 13.2. The van der Waals surface area contributed by atoms with Gasteiger partial charge in [-0.3, -0.25) is 4.98 Å². The van der Waals surface area contributed by atoms with E-state index in [-0.39, 0.29) is 6.04 Å². The Morgan fingerprint density at radius 3 is 2.80 bits per heavy atom. The molecule has 0 aliphatic carbocycles. The summed E-state index contributed by atoms with van der Waals surface area (Å²) in [6.07, 6.45) is 5.86. The number of methoxy groups -OCH3 is 1. The fourth-order valence-corrected chi connectivity index (χ4v) is 3.17. The van der Waals surface area contributed by atoms with E-state index in [1.807, 2.05) is 17.5 Å². The van der Waals surface area contributed by atoms with Gasteiger partial charge in [0.15, 0.2) is 0 Å². The molecule has 2 aromatic heterocycles. The molecule has 2 rings (SSSR count). The molecule has 1 unspecified atom stereocenters. The highest BCUT2D eigenvalue weighted by Gasteiger charge is 2.16. The molecule has 0 radical (unpaired) electrons. The Morgan fingerprint density at radius 2 is 2.15 bits per heavy atom. The molecule has 0 fully saturated rings. The maximum absolute atomic E-state index is 5.28. The summed E-state index contributed by atoms with van der Waals surface area (Å²) >= 11 is 1.87. The fraction of sp³-hybridized carbons (Fsp3) is 0.438. The van der Waals surface area contributed by atoms with Crippen molar-refractivity contribution in [3.8, 4) is 5.75 Å². The molecule has 0 bridgehead atoms. The van der Waals surface area contributed by atoms with Crippen molar-refractivity contribution in [2.24, 2.45) is 0 Å². The van der Waals surface area contributed by atoms with E-state index in [4.69, 9.17) is 4.74 Å².